The summed E-state index contributed by atoms with van der Waals surface area (Å²) >= 11 is 0. The van der Waals surface area contributed by atoms with E-state index in [0.717, 1.165) is 11.5 Å². The van der Waals surface area contributed by atoms with Crippen LogP contribution in [0.3, 0.4) is 0 Å². The Morgan fingerprint density at radius 1 is 1.15 bits per heavy atom. The molecule has 0 unspecified atom stereocenters. The summed E-state index contributed by atoms with van der Waals surface area (Å²) in [5, 5.41) is 3.35. The van der Waals surface area contributed by atoms with Gasteiger partial charge in [0.2, 0.25) is 0 Å². The van der Waals surface area contributed by atoms with E-state index in [9.17, 15) is 4.39 Å². The summed E-state index contributed by atoms with van der Waals surface area (Å²) in [5.74, 6) is 1.77. The number of benzene rings is 1. The van der Waals surface area contributed by atoms with E-state index in [1.807, 2.05) is 12.1 Å². The summed E-state index contributed by atoms with van der Waals surface area (Å²) in [6.07, 6.45) is 0. The summed E-state index contributed by atoms with van der Waals surface area (Å²) in [5.41, 5.74) is 0.0466. The second-order valence-electron chi connectivity index (χ2n) is 5.72. The van der Waals surface area contributed by atoms with Crippen LogP contribution in [0.25, 0.3) is 0 Å². The molecule has 0 atom stereocenters. The fourth-order valence-corrected chi connectivity index (χ4v) is 1.66. The minimum atomic E-state index is -0.308. The first-order valence-corrected chi connectivity index (χ1v) is 6.63. The Bertz CT molecular complexity index is 558. The fraction of sp³-hybridized carbons (Fsp3) is 0.375. The molecular formula is C16H20FNO2. The number of halogens is 1. The summed E-state index contributed by atoms with van der Waals surface area (Å²) < 4.78 is 24.1. The van der Waals surface area contributed by atoms with Crippen molar-refractivity contribution < 1.29 is 13.5 Å². The van der Waals surface area contributed by atoms with Crippen molar-refractivity contribution in [2.75, 3.05) is 0 Å². The molecule has 0 bridgehead atoms. The van der Waals surface area contributed by atoms with Gasteiger partial charge in [-0.25, -0.2) is 4.39 Å². The van der Waals surface area contributed by atoms with Gasteiger partial charge in [-0.3, -0.25) is 0 Å². The second kappa shape index (κ2) is 6.09. The van der Waals surface area contributed by atoms with Crippen LogP contribution < -0.4 is 10.1 Å². The smallest absolute Gasteiger partial charge is 0.146 e. The van der Waals surface area contributed by atoms with Gasteiger partial charge in [-0.1, -0.05) is 6.07 Å². The topological polar surface area (TPSA) is 34.4 Å². The molecule has 3 nitrogen and oxygen atoms in total. The molecule has 2 aromatic rings. The first kappa shape index (κ1) is 14.6. The molecule has 0 spiro atoms. The van der Waals surface area contributed by atoms with Gasteiger partial charge in [0, 0.05) is 11.6 Å². The minimum Gasteiger partial charge on any atom is -0.486 e. The van der Waals surface area contributed by atoms with Gasteiger partial charge in [0.05, 0.1) is 6.54 Å². The Labute approximate surface area is 118 Å². The van der Waals surface area contributed by atoms with E-state index in [2.05, 4.69) is 26.1 Å². The maximum absolute atomic E-state index is 13.0. The van der Waals surface area contributed by atoms with Crippen molar-refractivity contribution in [3.05, 3.63) is 53.7 Å². The number of hydrogen-bond acceptors (Lipinski definition) is 3. The molecule has 1 heterocycles. The molecule has 0 saturated carbocycles. The van der Waals surface area contributed by atoms with Crippen molar-refractivity contribution in [1.82, 2.24) is 5.32 Å². The lowest BCUT2D eigenvalue weighted by Gasteiger charge is -2.19. The molecule has 0 fully saturated rings. The average molecular weight is 277 g/mol. The predicted octanol–water partition coefficient (Wildman–Crippen LogP) is 3.89. The monoisotopic (exact) mass is 277 g/mol. The van der Waals surface area contributed by atoms with Crippen LogP contribution in [-0.4, -0.2) is 5.54 Å². The van der Waals surface area contributed by atoms with Gasteiger partial charge >= 0.3 is 0 Å². The van der Waals surface area contributed by atoms with Crippen molar-refractivity contribution in [2.24, 2.45) is 0 Å². The zero-order valence-corrected chi connectivity index (χ0v) is 12.1. The Morgan fingerprint density at radius 3 is 2.60 bits per heavy atom. The molecule has 108 valence electrons. The van der Waals surface area contributed by atoms with Crippen LogP contribution in [-0.2, 0) is 13.2 Å². The number of ether oxygens (including phenoxy) is 1. The summed E-state index contributed by atoms with van der Waals surface area (Å²) in [6.45, 7) is 7.26. The number of hydrogen-bond donors (Lipinski definition) is 1. The SMILES string of the molecule is CC(C)(C)NCc1ccc(COc2cccc(F)c2)o1. The summed E-state index contributed by atoms with van der Waals surface area (Å²) in [7, 11) is 0. The van der Waals surface area contributed by atoms with Crippen molar-refractivity contribution >= 4 is 0 Å². The van der Waals surface area contributed by atoms with Crippen LogP contribution in [0.5, 0.6) is 5.75 Å². The average Bonchev–Trinajstić information content (AvgIpc) is 2.81. The van der Waals surface area contributed by atoms with Crippen molar-refractivity contribution in [2.45, 2.75) is 39.5 Å². The third kappa shape index (κ3) is 4.70. The first-order chi connectivity index (χ1) is 9.42. The lowest BCUT2D eigenvalue weighted by Crippen LogP contribution is -2.34. The molecule has 0 aliphatic carbocycles. The number of nitrogens with one attached hydrogen (secondary N) is 1. The Balaban J connectivity index is 1.87. The van der Waals surface area contributed by atoms with Gasteiger partial charge in [-0.2, -0.15) is 0 Å². The molecule has 1 aromatic heterocycles. The Kier molecular flexibility index (Phi) is 4.45. The zero-order chi connectivity index (χ0) is 14.6. The number of furan rings is 1. The zero-order valence-electron chi connectivity index (χ0n) is 12.1. The molecule has 1 aromatic carbocycles. The molecule has 0 aliphatic heterocycles. The van der Waals surface area contributed by atoms with Crippen LogP contribution in [0.4, 0.5) is 4.39 Å². The quantitative estimate of drug-likeness (QED) is 0.900. The third-order valence-electron chi connectivity index (χ3n) is 2.69. The summed E-state index contributed by atoms with van der Waals surface area (Å²) in [6, 6.07) is 9.86. The Morgan fingerprint density at radius 2 is 1.90 bits per heavy atom. The fourth-order valence-electron chi connectivity index (χ4n) is 1.66. The normalized spacial score (nSPS) is 11.6. The lowest BCUT2D eigenvalue weighted by atomic mass is 10.1. The van der Waals surface area contributed by atoms with Crippen molar-refractivity contribution in [1.29, 1.82) is 0 Å². The van der Waals surface area contributed by atoms with Crippen LogP contribution in [0.1, 0.15) is 32.3 Å². The van der Waals surface area contributed by atoms with Gasteiger partial charge in [0.1, 0.15) is 29.7 Å². The molecule has 1 N–H and O–H groups in total. The van der Waals surface area contributed by atoms with Gasteiger partial charge in [-0.05, 0) is 45.0 Å². The highest BCUT2D eigenvalue weighted by Crippen LogP contribution is 2.16. The van der Waals surface area contributed by atoms with E-state index in [-0.39, 0.29) is 11.4 Å². The summed E-state index contributed by atoms with van der Waals surface area (Å²) in [4.78, 5) is 0. The van der Waals surface area contributed by atoms with Crippen LogP contribution in [0, 0.1) is 5.82 Å². The molecule has 0 aliphatic rings. The van der Waals surface area contributed by atoms with E-state index in [1.54, 1.807) is 12.1 Å². The van der Waals surface area contributed by atoms with Crippen LogP contribution >= 0.6 is 0 Å². The highest BCUT2D eigenvalue weighted by atomic mass is 19.1. The lowest BCUT2D eigenvalue weighted by molar-refractivity contribution is 0.262. The standard InChI is InChI=1S/C16H20FNO2/c1-16(2,3)18-10-14-7-8-15(20-14)11-19-13-6-4-5-12(17)9-13/h4-9,18H,10-11H2,1-3H3. The van der Waals surface area contributed by atoms with Gasteiger partial charge in [0.25, 0.3) is 0 Å². The Hall–Kier alpha value is -1.81. The van der Waals surface area contributed by atoms with E-state index in [0.29, 0.717) is 18.9 Å². The molecule has 4 heteroatoms. The third-order valence-corrected chi connectivity index (χ3v) is 2.69. The molecule has 0 amide bonds. The minimum absolute atomic E-state index is 0.0466. The van der Waals surface area contributed by atoms with E-state index in [1.165, 1.54) is 12.1 Å². The van der Waals surface area contributed by atoms with E-state index in [4.69, 9.17) is 9.15 Å². The maximum atomic E-state index is 13.0. The first-order valence-electron chi connectivity index (χ1n) is 6.63. The molecule has 20 heavy (non-hydrogen) atoms. The predicted molar refractivity (Wildman–Crippen MR) is 76.0 cm³/mol. The van der Waals surface area contributed by atoms with Crippen molar-refractivity contribution in [3.8, 4) is 5.75 Å². The highest BCUT2D eigenvalue weighted by molar-refractivity contribution is 5.22. The second-order valence-corrected chi connectivity index (χ2v) is 5.72. The van der Waals surface area contributed by atoms with Gasteiger partial charge < -0.3 is 14.5 Å². The molecule has 0 radical (unpaired) electrons. The van der Waals surface area contributed by atoms with Crippen molar-refractivity contribution in [3.63, 3.8) is 0 Å². The van der Waals surface area contributed by atoms with E-state index >= 15 is 0 Å². The highest BCUT2D eigenvalue weighted by Gasteiger charge is 2.10. The van der Waals surface area contributed by atoms with Crippen LogP contribution in [0.2, 0.25) is 0 Å². The number of rotatable bonds is 5. The van der Waals surface area contributed by atoms with E-state index < -0.39 is 0 Å². The molecule has 2 rings (SSSR count). The van der Waals surface area contributed by atoms with Gasteiger partial charge in [-0.15, -0.1) is 0 Å². The molecule has 0 saturated heterocycles. The van der Waals surface area contributed by atoms with Gasteiger partial charge in [0.15, 0.2) is 0 Å². The largest absolute Gasteiger partial charge is 0.486 e. The maximum Gasteiger partial charge on any atom is 0.146 e. The molecular weight excluding hydrogens is 257 g/mol. The van der Waals surface area contributed by atoms with Crippen LogP contribution in [0.15, 0.2) is 40.8 Å².